The molecule has 74 valence electrons. The molecule has 0 unspecified atom stereocenters. The highest BCUT2D eigenvalue weighted by molar-refractivity contribution is 5.81. The number of ketones is 1. The number of carbonyl (C=O) groups is 1. The largest absolute Gasteiger partial charge is 0.299 e. The fraction of sp³-hybridized carbons (Fsp3) is 0.750. The van der Waals surface area contributed by atoms with Crippen LogP contribution < -0.4 is 0 Å². The zero-order valence-corrected chi connectivity index (χ0v) is 8.81. The number of Topliss-reactive ketones (excluding diaryl/α,β-unsaturated/α-hetero) is 1. The predicted octanol–water partition coefficient (Wildman–Crippen LogP) is 3.19. The molecule has 0 radical (unpaired) electrons. The Kier molecular flexibility index (Phi) is 7.39. The van der Waals surface area contributed by atoms with Gasteiger partial charge in [0.25, 0.3) is 0 Å². The summed E-state index contributed by atoms with van der Waals surface area (Å²) in [6.45, 7) is 4.24. The second-order valence-corrected chi connectivity index (χ2v) is 3.44. The maximum Gasteiger partial charge on any atom is 0.136 e. The van der Waals surface area contributed by atoms with Crippen molar-refractivity contribution < 1.29 is 4.79 Å². The van der Waals surface area contributed by atoms with E-state index in [-0.39, 0.29) is 5.92 Å². The molecule has 1 nitrogen and oxygen atoms in total. The van der Waals surface area contributed by atoms with Crippen LogP contribution in [0.25, 0.3) is 0 Å². The Bertz CT molecular complexity index is 170. The van der Waals surface area contributed by atoms with Gasteiger partial charge in [0.1, 0.15) is 5.78 Å². The summed E-state index contributed by atoms with van der Waals surface area (Å²) in [5.74, 6) is 3.15. The van der Waals surface area contributed by atoms with Gasteiger partial charge in [0.15, 0.2) is 0 Å². The average molecular weight is 180 g/mol. The molecule has 0 atom stereocenters. The topological polar surface area (TPSA) is 17.1 Å². The maximum atomic E-state index is 11.6. The van der Waals surface area contributed by atoms with Crippen LogP contribution >= 0.6 is 0 Å². The Hall–Kier alpha value is -0.770. The molecular formula is C12H20O. The quantitative estimate of drug-likeness (QED) is 0.550. The average Bonchev–Trinajstić information content (AvgIpc) is 2.14. The van der Waals surface area contributed by atoms with Gasteiger partial charge in [-0.1, -0.05) is 26.7 Å². The molecule has 0 rings (SSSR count). The van der Waals surface area contributed by atoms with Crippen LogP contribution in [0.4, 0.5) is 0 Å². The van der Waals surface area contributed by atoms with Crippen molar-refractivity contribution in [2.24, 2.45) is 5.92 Å². The van der Waals surface area contributed by atoms with E-state index in [2.05, 4.69) is 19.8 Å². The minimum Gasteiger partial charge on any atom is -0.299 e. The van der Waals surface area contributed by atoms with Crippen molar-refractivity contribution in [2.45, 2.75) is 52.4 Å². The normalized spacial score (nSPS) is 10.0. The van der Waals surface area contributed by atoms with Gasteiger partial charge in [-0.05, 0) is 12.8 Å². The Labute approximate surface area is 81.9 Å². The lowest BCUT2D eigenvalue weighted by atomic mass is 9.91. The number of carbonyl (C=O) groups excluding carboxylic acids is 1. The SMILES string of the molecule is C#CCCC(=O)C(CCC)CCC. The third-order valence-electron chi connectivity index (χ3n) is 2.25. The highest BCUT2D eigenvalue weighted by atomic mass is 16.1. The van der Waals surface area contributed by atoms with Gasteiger partial charge in [-0.15, -0.1) is 12.3 Å². The summed E-state index contributed by atoms with van der Waals surface area (Å²) in [4.78, 5) is 11.6. The second-order valence-electron chi connectivity index (χ2n) is 3.44. The molecule has 0 heterocycles. The van der Waals surface area contributed by atoms with Gasteiger partial charge in [0, 0.05) is 18.8 Å². The lowest BCUT2D eigenvalue weighted by molar-refractivity contribution is -0.123. The van der Waals surface area contributed by atoms with Crippen LogP contribution in [0.3, 0.4) is 0 Å². The number of rotatable bonds is 7. The monoisotopic (exact) mass is 180 g/mol. The highest BCUT2D eigenvalue weighted by Gasteiger charge is 2.15. The molecular weight excluding hydrogens is 160 g/mol. The molecule has 0 N–H and O–H groups in total. The minimum atomic E-state index is 0.267. The van der Waals surface area contributed by atoms with E-state index in [0.29, 0.717) is 18.6 Å². The van der Waals surface area contributed by atoms with E-state index in [4.69, 9.17) is 6.42 Å². The summed E-state index contributed by atoms with van der Waals surface area (Å²) in [6.07, 6.45) is 10.5. The second kappa shape index (κ2) is 7.86. The molecule has 0 bridgehead atoms. The molecule has 0 aromatic rings. The molecule has 0 aliphatic carbocycles. The van der Waals surface area contributed by atoms with E-state index in [1.807, 2.05) is 0 Å². The van der Waals surface area contributed by atoms with Crippen molar-refractivity contribution in [1.29, 1.82) is 0 Å². The molecule has 0 spiro atoms. The van der Waals surface area contributed by atoms with Crippen molar-refractivity contribution in [3.05, 3.63) is 0 Å². The standard InChI is InChI=1S/C12H20O/c1-4-7-10-12(13)11(8-5-2)9-6-3/h1,11H,5-10H2,2-3H3. The van der Waals surface area contributed by atoms with Crippen molar-refractivity contribution in [2.75, 3.05) is 0 Å². The zero-order chi connectivity index (χ0) is 10.1. The molecule has 0 aliphatic heterocycles. The van der Waals surface area contributed by atoms with Crippen LogP contribution in [0.5, 0.6) is 0 Å². The van der Waals surface area contributed by atoms with Crippen molar-refractivity contribution in [1.82, 2.24) is 0 Å². The van der Waals surface area contributed by atoms with Crippen LogP contribution in [-0.2, 0) is 4.79 Å². The van der Waals surface area contributed by atoms with Crippen molar-refractivity contribution in [3.63, 3.8) is 0 Å². The molecule has 0 aliphatic rings. The summed E-state index contributed by atoms with van der Waals surface area (Å²) in [5.41, 5.74) is 0. The number of terminal acetylenes is 1. The van der Waals surface area contributed by atoms with Crippen LogP contribution in [0.15, 0.2) is 0 Å². The van der Waals surface area contributed by atoms with E-state index < -0.39 is 0 Å². The minimum absolute atomic E-state index is 0.267. The predicted molar refractivity (Wildman–Crippen MR) is 56.4 cm³/mol. The summed E-state index contributed by atoms with van der Waals surface area (Å²) >= 11 is 0. The van der Waals surface area contributed by atoms with Crippen LogP contribution in [0, 0.1) is 18.3 Å². The van der Waals surface area contributed by atoms with E-state index in [1.54, 1.807) is 0 Å². The van der Waals surface area contributed by atoms with Crippen molar-refractivity contribution in [3.8, 4) is 12.3 Å². The van der Waals surface area contributed by atoms with E-state index in [9.17, 15) is 4.79 Å². The van der Waals surface area contributed by atoms with Gasteiger partial charge in [0.05, 0.1) is 0 Å². The first kappa shape index (κ1) is 12.2. The van der Waals surface area contributed by atoms with Gasteiger partial charge in [-0.25, -0.2) is 0 Å². The summed E-state index contributed by atoms with van der Waals surface area (Å²) in [5, 5.41) is 0. The third kappa shape index (κ3) is 5.47. The van der Waals surface area contributed by atoms with Crippen LogP contribution in [0.2, 0.25) is 0 Å². The zero-order valence-electron chi connectivity index (χ0n) is 8.81. The lowest BCUT2D eigenvalue weighted by Crippen LogP contribution is -2.13. The van der Waals surface area contributed by atoms with E-state index >= 15 is 0 Å². The summed E-state index contributed by atoms with van der Waals surface area (Å²) < 4.78 is 0. The molecule has 0 aromatic heterocycles. The smallest absolute Gasteiger partial charge is 0.136 e. The maximum absolute atomic E-state index is 11.6. The molecule has 0 saturated heterocycles. The molecule has 13 heavy (non-hydrogen) atoms. The highest BCUT2D eigenvalue weighted by Crippen LogP contribution is 2.16. The summed E-state index contributed by atoms with van der Waals surface area (Å²) in [6, 6.07) is 0. The lowest BCUT2D eigenvalue weighted by Gasteiger charge is -2.12. The Morgan fingerprint density at radius 1 is 1.31 bits per heavy atom. The number of hydrogen-bond donors (Lipinski definition) is 0. The van der Waals surface area contributed by atoms with Crippen LogP contribution in [-0.4, -0.2) is 5.78 Å². The van der Waals surface area contributed by atoms with E-state index in [1.165, 1.54) is 0 Å². The van der Waals surface area contributed by atoms with Crippen LogP contribution in [0.1, 0.15) is 52.4 Å². The summed E-state index contributed by atoms with van der Waals surface area (Å²) in [7, 11) is 0. The molecule has 0 amide bonds. The van der Waals surface area contributed by atoms with Gasteiger partial charge < -0.3 is 0 Å². The first-order valence-corrected chi connectivity index (χ1v) is 5.22. The van der Waals surface area contributed by atoms with Gasteiger partial charge >= 0.3 is 0 Å². The first-order chi connectivity index (χ1) is 6.26. The molecule has 0 saturated carbocycles. The van der Waals surface area contributed by atoms with Gasteiger partial charge in [0.2, 0.25) is 0 Å². The van der Waals surface area contributed by atoms with Gasteiger partial charge in [-0.3, -0.25) is 4.79 Å². The molecule has 0 aromatic carbocycles. The first-order valence-electron chi connectivity index (χ1n) is 5.22. The molecule has 1 heteroatoms. The fourth-order valence-corrected chi connectivity index (χ4v) is 1.56. The van der Waals surface area contributed by atoms with E-state index in [0.717, 1.165) is 25.7 Å². The van der Waals surface area contributed by atoms with Gasteiger partial charge in [-0.2, -0.15) is 0 Å². The number of hydrogen-bond acceptors (Lipinski definition) is 1. The Morgan fingerprint density at radius 2 is 1.85 bits per heavy atom. The molecule has 0 fully saturated rings. The Balaban J connectivity index is 3.88. The Morgan fingerprint density at radius 3 is 2.23 bits per heavy atom. The fourth-order valence-electron chi connectivity index (χ4n) is 1.56. The van der Waals surface area contributed by atoms with Crippen molar-refractivity contribution >= 4 is 5.78 Å². The third-order valence-corrected chi connectivity index (χ3v) is 2.25.